The Morgan fingerprint density at radius 3 is 2.58 bits per heavy atom. The number of anilines is 1. The molecule has 0 bridgehead atoms. The van der Waals surface area contributed by atoms with Crippen molar-refractivity contribution in [2.75, 3.05) is 33.0 Å². The Labute approximate surface area is 113 Å². The number of carbonyl (C=O) groups excluding carboxylic acids is 1. The standard InChI is InChI=1S/C14H18N2O3/c1-5-7-16(6-2)14(17)11-8-10(18-3)9-12(19-4)13(11)15/h1,8-9H,6-7,15H2,2-4H3. The van der Waals surface area contributed by atoms with E-state index in [-0.39, 0.29) is 18.1 Å². The molecule has 0 radical (unpaired) electrons. The number of carbonyl (C=O) groups is 1. The molecule has 102 valence electrons. The zero-order valence-electron chi connectivity index (χ0n) is 11.4. The minimum Gasteiger partial charge on any atom is -0.497 e. The lowest BCUT2D eigenvalue weighted by Crippen LogP contribution is -2.31. The van der Waals surface area contributed by atoms with Gasteiger partial charge in [-0.25, -0.2) is 0 Å². The van der Waals surface area contributed by atoms with Crippen LogP contribution in [0, 0.1) is 12.3 Å². The second-order valence-corrected chi connectivity index (χ2v) is 3.81. The van der Waals surface area contributed by atoms with Gasteiger partial charge in [-0.05, 0) is 13.0 Å². The number of ether oxygens (including phenoxy) is 2. The molecule has 2 N–H and O–H groups in total. The quantitative estimate of drug-likeness (QED) is 0.643. The molecular weight excluding hydrogens is 244 g/mol. The first-order valence-electron chi connectivity index (χ1n) is 5.83. The lowest BCUT2D eigenvalue weighted by atomic mass is 10.1. The van der Waals surface area contributed by atoms with E-state index in [1.807, 2.05) is 6.92 Å². The largest absolute Gasteiger partial charge is 0.497 e. The van der Waals surface area contributed by atoms with Gasteiger partial charge in [-0.2, -0.15) is 0 Å². The highest BCUT2D eigenvalue weighted by Gasteiger charge is 2.20. The van der Waals surface area contributed by atoms with Crippen LogP contribution < -0.4 is 15.2 Å². The first kappa shape index (κ1) is 14.7. The van der Waals surface area contributed by atoms with Crippen LogP contribution in [0.4, 0.5) is 5.69 Å². The topological polar surface area (TPSA) is 64.8 Å². The molecule has 0 unspecified atom stereocenters. The number of rotatable bonds is 5. The summed E-state index contributed by atoms with van der Waals surface area (Å²) in [6.45, 7) is 2.58. The Balaban J connectivity index is 3.25. The normalized spacial score (nSPS) is 9.58. The van der Waals surface area contributed by atoms with Crippen LogP contribution >= 0.6 is 0 Å². The molecule has 0 spiro atoms. The summed E-state index contributed by atoms with van der Waals surface area (Å²) in [7, 11) is 3.00. The number of methoxy groups -OCH3 is 2. The number of hydrogen-bond acceptors (Lipinski definition) is 4. The maximum Gasteiger partial charge on any atom is 0.257 e. The van der Waals surface area contributed by atoms with Crippen molar-refractivity contribution in [1.29, 1.82) is 0 Å². The number of benzene rings is 1. The Morgan fingerprint density at radius 2 is 2.11 bits per heavy atom. The summed E-state index contributed by atoms with van der Waals surface area (Å²) in [5.41, 5.74) is 6.54. The molecular formula is C14H18N2O3. The van der Waals surface area contributed by atoms with Gasteiger partial charge in [-0.3, -0.25) is 4.79 Å². The summed E-state index contributed by atoms with van der Waals surface area (Å²) in [5.74, 6) is 3.12. The lowest BCUT2D eigenvalue weighted by Gasteiger charge is -2.20. The highest BCUT2D eigenvalue weighted by molar-refractivity contribution is 6.01. The molecule has 0 aliphatic rings. The maximum atomic E-state index is 12.4. The third kappa shape index (κ3) is 3.10. The zero-order valence-corrected chi connectivity index (χ0v) is 11.4. The van der Waals surface area contributed by atoms with Gasteiger partial charge in [0.1, 0.15) is 11.5 Å². The fourth-order valence-electron chi connectivity index (χ4n) is 1.67. The summed E-state index contributed by atoms with van der Waals surface area (Å²) in [4.78, 5) is 13.9. The third-order valence-electron chi connectivity index (χ3n) is 2.75. The SMILES string of the molecule is C#CCN(CC)C(=O)c1cc(OC)cc(OC)c1N. The number of nitrogens with zero attached hydrogens (tertiary/aromatic N) is 1. The number of amides is 1. The predicted molar refractivity (Wildman–Crippen MR) is 74.4 cm³/mol. The van der Waals surface area contributed by atoms with Crippen LogP contribution in [0.1, 0.15) is 17.3 Å². The molecule has 19 heavy (non-hydrogen) atoms. The number of terminal acetylenes is 1. The van der Waals surface area contributed by atoms with E-state index in [4.69, 9.17) is 21.6 Å². The van der Waals surface area contributed by atoms with E-state index in [9.17, 15) is 4.79 Å². The summed E-state index contributed by atoms with van der Waals surface area (Å²) in [6, 6.07) is 3.21. The van der Waals surface area contributed by atoms with Crippen molar-refractivity contribution in [3.05, 3.63) is 17.7 Å². The van der Waals surface area contributed by atoms with Crippen LogP contribution in [0.25, 0.3) is 0 Å². The van der Waals surface area contributed by atoms with E-state index in [1.54, 1.807) is 12.1 Å². The minimum atomic E-state index is -0.241. The van der Waals surface area contributed by atoms with Gasteiger partial charge >= 0.3 is 0 Å². The van der Waals surface area contributed by atoms with E-state index in [1.165, 1.54) is 19.1 Å². The van der Waals surface area contributed by atoms with Crippen molar-refractivity contribution in [2.24, 2.45) is 0 Å². The summed E-state index contributed by atoms with van der Waals surface area (Å²) in [6.07, 6.45) is 5.25. The van der Waals surface area contributed by atoms with Crippen molar-refractivity contribution < 1.29 is 14.3 Å². The van der Waals surface area contributed by atoms with Crippen molar-refractivity contribution in [1.82, 2.24) is 4.90 Å². The van der Waals surface area contributed by atoms with Gasteiger partial charge in [0.2, 0.25) is 0 Å². The molecule has 0 aromatic heterocycles. The smallest absolute Gasteiger partial charge is 0.257 e. The van der Waals surface area contributed by atoms with Gasteiger partial charge < -0.3 is 20.1 Å². The molecule has 1 aromatic rings. The van der Waals surface area contributed by atoms with Crippen LogP contribution in [0.5, 0.6) is 11.5 Å². The van der Waals surface area contributed by atoms with Crippen molar-refractivity contribution in [3.63, 3.8) is 0 Å². The number of nitrogen functional groups attached to an aromatic ring is 1. The molecule has 0 fully saturated rings. The lowest BCUT2D eigenvalue weighted by molar-refractivity contribution is 0.0785. The van der Waals surface area contributed by atoms with Gasteiger partial charge in [-0.15, -0.1) is 6.42 Å². The van der Waals surface area contributed by atoms with E-state index in [0.717, 1.165) is 0 Å². The van der Waals surface area contributed by atoms with Crippen LogP contribution in [0.15, 0.2) is 12.1 Å². The molecule has 1 amide bonds. The monoisotopic (exact) mass is 262 g/mol. The summed E-state index contributed by atoms with van der Waals surface area (Å²) < 4.78 is 10.3. The van der Waals surface area contributed by atoms with E-state index in [2.05, 4.69) is 5.92 Å². The Kier molecular flexibility index (Phi) is 5.07. The molecule has 0 aliphatic carbocycles. The molecule has 1 rings (SSSR count). The average molecular weight is 262 g/mol. The zero-order chi connectivity index (χ0) is 14.4. The fourth-order valence-corrected chi connectivity index (χ4v) is 1.67. The highest BCUT2D eigenvalue weighted by atomic mass is 16.5. The Hall–Kier alpha value is -2.35. The number of hydrogen-bond donors (Lipinski definition) is 1. The predicted octanol–water partition coefficient (Wildman–Crippen LogP) is 1.38. The van der Waals surface area contributed by atoms with Gasteiger partial charge in [0, 0.05) is 12.6 Å². The molecule has 5 heteroatoms. The molecule has 0 aliphatic heterocycles. The van der Waals surface area contributed by atoms with E-state index >= 15 is 0 Å². The van der Waals surface area contributed by atoms with Crippen molar-refractivity contribution in [3.8, 4) is 23.8 Å². The van der Waals surface area contributed by atoms with Gasteiger partial charge in [0.15, 0.2) is 0 Å². The first-order chi connectivity index (χ1) is 9.08. The molecule has 5 nitrogen and oxygen atoms in total. The average Bonchev–Trinajstić information content (AvgIpc) is 2.44. The molecule has 1 aromatic carbocycles. The maximum absolute atomic E-state index is 12.4. The summed E-state index contributed by atoms with van der Waals surface area (Å²) in [5, 5.41) is 0. The van der Waals surface area contributed by atoms with Crippen LogP contribution in [0.2, 0.25) is 0 Å². The van der Waals surface area contributed by atoms with E-state index in [0.29, 0.717) is 23.6 Å². The second kappa shape index (κ2) is 6.55. The highest BCUT2D eigenvalue weighted by Crippen LogP contribution is 2.31. The van der Waals surface area contributed by atoms with Crippen LogP contribution in [0.3, 0.4) is 0 Å². The summed E-state index contributed by atoms with van der Waals surface area (Å²) >= 11 is 0. The molecule has 0 saturated heterocycles. The van der Waals surface area contributed by atoms with Gasteiger partial charge in [0.05, 0.1) is 32.0 Å². The molecule has 0 heterocycles. The minimum absolute atomic E-state index is 0.230. The Morgan fingerprint density at radius 1 is 1.42 bits per heavy atom. The number of nitrogens with two attached hydrogens (primary N) is 1. The molecule has 0 atom stereocenters. The van der Waals surface area contributed by atoms with Crippen LogP contribution in [-0.2, 0) is 0 Å². The fraction of sp³-hybridized carbons (Fsp3) is 0.357. The second-order valence-electron chi connectivity index (χ2n) is 3.81. The third-order valence-corrected chi connectivity index (χ3v) is 2.75. The first-order valence-corrected chi connectivity index (χ1v) is 5.83. The van der Waals surface area contributed by atoms with Gasteiger partial charge in [-0.1, -0.05) is 5.92 Å². The Bertz CT molecular complexity index is 506. The van der Waals surface area contributed by atoms with Crippen molar-refractivity contribution >= 4 is 11.6 Å². The van der Waals surface area contributed by atoms with Crippen molar-refractivity contribution in [2.45, 2.75) is 6.92 Å². The molecule has 0 saturated carbocycles. The van der Waals surface area contributed by atoms with E-state index < -0.39 is 0 Å². The van der Waals surface area contributed by atoms with Gasteiger partial charge in [0.25, 0.3) is 5.91 Å². The van der Waals surface area contributed by atoms with Crippen LogP contribution in [-0.4, -0.2) is 38.1 Å².